The van der Waals surface area contributed by atoms with Crippen molar-refractivity contribution in [2.24, 2.45) is 0 Å². The van der Waals surface area contributed by atoms with E-state index >= 15 is 0 Å². The highest BCUT2D eigenvalue weighted by Crippen LogP contribution is 2.27. The van der Waals surface area contributed by atoms with E-state index < -0.39 is 10.0 Å². The fourth-order valence-electron chi connectivity index (χ4n) is 2.76. The molecule has 1 fully saturated rings. The lowest BCUT2D eigenvalue weighted by Crippen LogP contribution is -2.41. The van der Waals surface area contributed by atoms with E-state index in [1.165, 1.54) is 0 Å². The zero-order chi connectivity index (χ0) is 15.5. The quantitative estimate of drug-likeness (QED) is 0.753. The van der Waals surface area contributed by atoms with E-state index in [-0.39, 0.29) is 11.1 Å². The van der Waals surface area contributed by atoms with E-state index in [0.717, 1.165) is 25.9 Å². The van der Waals surface area contributed by atoms with Crippen LogP contribution in [0.3, 0.4) is 0 Å². The Balaban J connectivity index is 2.23. The summed E-state index contributed by atoms with van der Waals surface area (Å²) in [6.45, 7) is 4.61. The Morgan fingerprint density at radius 2 is 2.29 bits per heavy atom. The van der Waals surface area contributed by atoms with Gasteiger partial charge in [-0.15, -0.1) is 0 Å². The van der Waals surface area contributed by atoms with Gasteiger partial charge in [0.1, 0.15) is 0 Å². The van der Waals surface area contributed by atoms with E-state index in [0.29, 0.717) is 18.7 Å². The summed E-state index contributed by atoms with van der Waals surface area (Å²) >= 11 is 0. The van der Waals surface area contributed by atoms with Crippen LogP contribution in [0.1, 0.15) is 25.3 Å². The number of sulfonamides is 1. The summed E-state index contributed by atoms with van der Waals surface area (Å²) in [7, 11) is 0.434. The third-order valence-electron chi connectivity index (χ3n) is 3.71. The van der Waals surface area contributed by atoms with Crippen LogP contribution in [0.2, 0.25) is 0 Å². The number of nitrogens with one attached hydrogen (secondary N) is 2. The number of likely N-dealkylation sites (N-methyl/N-ethyl adjacent to an activating group) is 1. The number of aromatic nitrogens is 2. The normalized spacial score (nSPS) is 20.5. The Bertz CT molecular complexity index is 555. The second-order valence-electron chi connectivity index (χ2n) is 5.68. The van der Waals surface area contributed by atoms with Crippen molar-refractivity contribution in [2.45, 2.75) is 37.4 Å². The Morgan fingerprint density at radius 3 is 2.95 bits per heavy atom. The van der Waals surface area contributed by atoms with Crippen molar-refractivity contribution in [3.8, 4) is 0 Å². The number of aromatic amines is 1. The van der Waals surface area contributed by atoms with Gasteiger partial charge in [-0.3, -0.25) is 5.10 Å². The van der Waals surface area contributed by atoms with E-state index in [9.17, 15) is 8.42 Å². The minimum atomic E-state index is -3.50. The second-order valence-corrected chi connectivity index (χ2v) is 7.51. The highest BCUT2D eigenvalue weighted by molar-refractivity contribution is 7.89. The van der Waals surface area contributed by atoms with E-state index in [4.69, 9.17) is 0 Å². The van der Waals surface area contributed by atoms with Gasteiger partial charge in [0.2, 0.25) is 0 Å². The van der Waals surface area contributed by atoms with Crippen molar-refractivity contribution in [1.82, 2.24) is 24.7 Å². The van der Waals surface area contributed by atoms with Crippen LogP contribution in [0.4, 0.5) is 0 Å². The Hall–Kier alpha value is -0.960. The number of hydrogen-bond acceptors (Lipinski definition) is 5. The lowest BCUT2D eigenvalue weighted by atomic mass is 10.2. The van der Waals surface area contributed by atoms with Crippen molar-refractivity contribution in [1.29, 1.82) is 0 Å². The number of H-pyrrole nitrogens is 1. The first-order valence-corrected chi connectivity index (χ1v) is 8.80. The molecule has 1 unspecified atom stereocenters. The summed E-state index contributed by atoms with van der Waals surface area (Å²) in [5, 5.41) is 9.97. The molecule has 1 atom stereocenters. The zero-order valence-corrected chi connectivity index (χ0v) is 13.8. The fraction of sp³-hybridized carbons (Fsp3) is 0.769. The van der Waals surface area contributed by atoms with E-state index in [1.54, 1.807) is 10.5 Å². The van der Waals surface area contributed by atoms with Gasteiger partial charge in [0.15, 0.2) is 5.03 Å². The molecule has 0 aromatic carbocycles. The molecule has 1 aromatic rings. The summed E-state index contributed by atoms with van der Waals surface area (Å²) in [6, 6.07) is 0.0419. The average molecular weight is 315 g/mol. The molecule has 120 valence electrons. The first kappa shape index (κ1) is 16.4. The van der Waals surface area contributed by atoms with Gasteiger partial charge in [0, 0.05) is 31.2 Å². The highest BCUT2D eigenvalue weighted by atomic mass is 32.2. The molecule has 1 aromatic heterocycles. The van der Waals surface area contributed by atoms with E-state index in [2.05, 4.69) is 15.5 Å². The Labute approximate surface area is 126 Å². The van der Waals surface area contributed by atoms with Crippen LogP contribution in [0, 0.1) is 0 Å². The fourth-order valence-corrected chi connectivity index (χ4v) is 4.55. The molecule has 2 heterocycles. The molecule has 2 rings (SSSR count). The lowest BCUT2D eigenvalue weighted by molar-refractivity contribution is 0.290. The molecule has 8 heteroatoms. The molecule has 1 aliphatic heterocycles. The third-order valence-corrected chi connectivity index (χ3v) is 5.68. The van der Waals surface area contributed by atoms with Crippen LogP contribution in [0.15, 0.2) is 11.2 Å². The van der Waals surface area contributed by atoms with Gasteiger partial charge in [-0.25, -0.2) is 8.42 Å². The molecule has 7 nitrogen and oxygen atoms in total. The molecule has 0 spiro atoms. The SMILES string of the molecule is CCNCc1cn[nH]c1S(=O)(=O)N1CCCC1CN(C)C. The number of hydrogen-bond donors (Lipinski definition) is 2. The molecule has 0 radical (unpaired) electrons. The minimum absolute atomic E-state index is 0.0419. The first-order chi connectivity index (χ1) is 9.96. The summed E-state index contributed by atoms with van der Waals surface area (Å²) < 4.78 is 27.4. The zero-order valence-electron chi connectivity index (χ0n) is 13.0. The minimum Gasteiger partial charge on any atom is -0.313 e. The maximum absolute atomic E-state index is 12.9. The van der Waals surface area contributed by atoms with Crippen molar-refractivity contribution in [3.05, 3.63) is 11.8 Å². The van der Waals surface area contributed by atoms with E-state index in [1.807, 2.05) is 25.9 Å². The van der Waals surface area contributed by atoms with Crippen molar-refractivity contribution < 1.29 is 8.42 Å². The maximum atomic E-state index is 12.9. The van der Waals surface area contributed by atoms with Crippen LogP contribution in [-0.4, -0.2) is 67.6 Å². The molecule has 0 aliphatic carbocycles. The van der Waals surface area contributed by atoms with Crippen molar-refractivity contribution in [3.63, 3.8) is 0 Å². The molecule has 0 amide bonds. The largest absolute Gasteiger partial charge is 0.313 e. The summed E-state index contributed by atoms with van der Waals surface area (Å²) in [5.41, 5.74) is 0.701. The maximum Gasteiger partial charge on any atom is 0.260 e. The predicted molar refractivity (Wildman–Crippen MR) is 81.4 cm³/mol. The van der Waals surface area contributed by atoms with Gasteiger partial charge < -0.3 is 10.2 Å². The average Bonchev–Trinajstić information content (AvgIpc) is 3.04. The van der Waals surface area contributed by atoms with Gasteiger partial charge in [0.05, 0.1) is 6.20 Å². The van der Waals surface area contributed by atoms with Crippen LogP contribution in [-0.2, 0) is 16.6 Å². The van der Waals surface area contributed by atoms with Crippen molar-refractivity contribution in [2.75, 3.05) is 33.7 Å². The summed E-state index contributed by atoms with van der Waals surface area (Å²) in [4.78, 5) is 2.03. The monoisotopic (exact) mass is 315 g/mol. The smallest absolute Gasteiger partial charge is 0.260 e. The van der Waals surface area contributed by atoms with Gasteiger partial charge in [0.25, 0.3) is 10.0 Å². The predicted octanol–water partition coefficient (Wildman–Crippen LogP) is 0.234. The first-order valence-electron chi connectivity index (χ1n) is 7.36. The standard InChI is InChI=1S/C13H25N5O2S/c1-4-14-8-11-9-15-16-13(11)21(19,20)18-7-5-6-12(18)10-17(2)3/h9,12,14H,4-8,10H2,1-3H3,(H,15,16). The summed E-state index contributed by atoms with van der Waals surface area (Å²) in [5.74, 6) is 0. The van der Waals surface area contributed by atoms with Crippen LogP contribution in [0.25, 0.3) is 0 Å². The Morgan fingerprint density at radius 1 is 1.52 bits per heavy atom. The second kappa shape index (κ2) is 6.87. The van der Waals surface area contributed by atoms with Crippen LogP contribution >= 0.6 is 0 Å². The van der Waals surface area contributed by atoms with Gasteiger partial charge in [-0.2, -0.15) is 9.40 Å². The molecule has 0 saturated carbocycles. The van der Waals surface area contributed by atoms with Crippen LogP contribution < -0.4 is 5.32 Å². The molecule has 21 heavy (non-hydrogen) atoms. The molecular weight excluding hydrogens is 290 g/mol. The molecule has 1 aliphatic rings. The summed E-state index contributed by atoms with van der Waals surface area (Å²) in [6.07, 6.45) is 3.41. The highest BCUT2D eigenvalue weighted by Gasteiger charge is 2.37. The van der Waals surface area contributed by atoms with Crippen molar-refractivity contribution >= 4 is 10.0 Å². The Kier molecular flexibility index (Phi) is 5.37. The molecular formula is C13H25N5O2S. The molecule has 2 N–H and O–H groups in total. The number of nitrogens with zero attached hydrogens (tertiary/aromatic N) is 3. The van der Waals surface area contributed by atoms with Crippen LogP contribution in [0.5, 0.6) is 0 Å². The molecule has 0 bridgehead atoms. The number of rotatable bonds is 7. The topological polar surface area (TPSA) is 81.3 Å². The third kappa shape index (κ3) is 3.63. The van der Waals surface area contributed by atoms with Gasteiger partial charge in [-0.05, 0) is 33.5 Å². The van der Waals surface area contributed by atoms with Gasteiger partial charge in [-0.1, -0.05) is 6.92 Å². The van der Waals surface area contributed by atoms with Gasteiger partial charge >= 0.3 is 0 Å². The lowest BCUT2D eigenvalue weighted by Gasteiger charge is -2.26. The molecule has 1 saturated heterocycles.